The summed E-state index contributed by atoms with van der Waals surface area (Å²) in [6, 6.07) is 7.46. The van der Waals surface area contributed by atoms with Crippen LogP contribution in [-0.4, -0.2) is 12.5 Å². The molecule has 1 fully saturated rings. The summed E-state index contributed by atoms with van der Waals surface area (Å²) in [6.07, 6.45) is 4.20. The zero-order valence-corrected chi connectivity index (χ0v) is 10.3. The molecule has 0 bridgehead atoms. The molecule has 0 aromatic heterocycles. The third-order valence-electron chi connectivity index (χ3n) is 3.62. The number of nitrogens with one attached hydrogen (secondary N) is 1. The van der Waals surface area contributed by atoms with Crippen LogP contribution in [0, 0.1) is 5.41 Å². The fourth-order valence-corrected chi connectivity index (χ4v) is 2.15. The van der Waals surface area contributed by atoms with E-state index in [9.17, 15) is 4.79 Å². The Morgan fingerprint density at radius 3 is 2.53 bits per heavy atom. The second-order valence-corrected chi connectivity index (χ2v) is 5.36. The summed E-state index contributed by atoms with van der Waals surface area (Å²) in [5, 5.41) is 3.02. The molecule has 3 N–H and O–H groups in total. The van der Waals surface area contributed by atoms with Crippen molar-refractivity contribution in [2.75, 3.05) is 12.3 Å². The molecule has 1 aliphatic rings. The number of anilines is 1. The maximum absolute atomic E-state index is 11.7. The molecule has 0 spiro atoms. The van der Waals surface area contributed by atoms with Gasteiger partial charge in [-0.25, -0.2) is 0 Å². The number of benzene rings is 1. The SMILES string of the molecule is CC1(CNC(=O)Cc2ccc(N)cc2)CCC1. The topological polar surface area (TPSA) is 55.1 Å². The molecule has 3 heteroatoms. The van der Waals surface area contributed by atoms with E-state index >= 15 is 0 Å². The van der Waals surface area contributed by atoms with Crippen LogP contribution in [0.25, 0.3) is 0 Å². The van der Waals surface area contributed by atoms with E-state index in [4.69, 9.17) is 5.73 Å². The molecule has 0 heterocycles. The van der Waals surface area contributed by atoms with Crippen molar-refractivity contribution in [3.05, 3.63) is 29.8 Å². The molecule has 1 saturated carbocycles. The predicted octanol–water partition coefficient (Wildman–Crippen LogP) is 2.12. The molecule has 92 valence electrons. The van der Waals surface area contributed by atoms with Gasteiger partial charge in [0.25, 0.3) is 0 Å². The number of hydrogen-bond donors (Lipinski definition) is 2. The van der Waals surface area contributed by atoms with Crippen molar-refractivity contribution in [3.63, 3.8) is 0 Å². The Hall–Kier alpha value is -1.51. The molecular weight excluding hydrogens is 212 g/mol. The number of carbonyl (C=O) groups is 1. The van der Waals surface area contributed by atoms with Crippen LogP contribution in [0.3, 0.4) is 0 Å². The Balaban J connectivity index is 1.79. The van der Waals surface area contributed by atoms with Crippen molar-refractivity contribution in [3.8, 4) is 0 Å². The van der Waals surface area contributed by atoms with E-state index in [2.05, 4.69) is 12.2 Å². The van der Waals surface area contributed by atoms with Crippen LogP contribution in [0.1, 0.15) is 31.7 Å². The van der Waals surface area contributed by atoms with Crippen molar-refractivity contribution in [1.82, 2.24) is 5.32 Å². The molecule has 0 atom stereocenters. The van der Waals surface area contributed by atoms with E-state index in [0.29, 0.717) is 11.8 Å². The average Bonchev–Trinajstić information content (AvgIpc) is 2.27. The molecule has 1 amide bonds. The molecule has 17 heavy (non-hydrogen) atoms. The van der Waals surface area contributed by atoms with Gasteiger partial charge in [-0.15, -0.1) is 0 Å². The third kappa shape index (κ3) is 3.22. The van der Waals surface area contributed by atoms with Crippen molar-refractivity contribution in [2.45, 2.75) is 32.6 Å². The highest BCUT2D eigenvalue weighted by molar-refractivity contribution is 5.78. The number of hydrogen-bond acceptors (Lipinski definition) is 2. The van der Waals surface area contributed by atoms with Crippen LogP contribution in [0.2, 0.25) is 0 Å². The average molecular weight is 232 g/mol. The Morgan fingerprint density at radius 1 is 1.35 bits per heavy atom. The highest BCUT2D eigenvalue weighted by Gasteiger charge is 2.31. The molecule has 3 nitrogen and oxygen atoms in total. The highest BCUT2D eigenvalue weighted by Crippen LogP contribution is 2.39. The Morgan fingerprint density at radius 2 is 2.00 bits per heavy atom. The maximum Gasteiger partial charge on any atom is 0.224 e. The van der Waals surface area contributed by atoms with Crippen molar-refractivity contribution >= 4 is 11.6 Å². The zero-order chi connectivity index (χ0) is 12.3. The lowest BCUT2D eigenvalue weighted by atomic mass is 9.70. The predicted molar refractivity (Wildman–Crippen MR) is 69.5 cm³/mol. The number of nitrogens with two attached hydrogens (primary N) is 1. The van der Waals surface area contributed by atoms with Gasteiger partial charge in [0.05, 0.1) is 6.42 Å². The fourth-order valence-electron chi connectivity index (χ4n) is 2.15. The Kier molecular flexibility index (Phi) is 3.36. The van der Waals surface area contributed by atoms with Gasteiger partial charge in [-0.3, -0.25) is 4.79 Å². The zero-order valence-electron chi connectivity index (χ0n) is 10.3. The van der Waals surface area contributed by atoms with Crippen LogP contribution in [0.5, 0.6) is 0 Å². The molecule has 0 radical (unpaired) electrons. The lowest BCUT2D eigenvalue weighted by Crippen LogP contribution is -2.40. The molecule has 0 unspecified atom stereocenters. The van der Waals surface area contributed by atoms with Crippen LogP contribution in [-0.2, 0) is 11.2 Å². The summed E-state index contributed by atoms with van der Waals surface area (Å²) >= 11 is 0. The molecule has 0 aliphatic heterocycles. The summed E-state index contributed by atoms with van der Waals surface area (Å²) in [7, 11) is 0. The minimum Gasteiger partial charge on any atom is -0.399 e. The lowest BCUT2D eigenvalue weighted by molar-refractivity contribution is -0.121. The highest BCUT2D eigenvalue weighted by atomic mass is 16.1. The fraction of sp³-hybridized carbons (Fsp3) is 0.500. The molecule has 2 rings (SSSR count). The van der Waals surface area contributed by atoms with Gasteiger partial charge in [0.2, 0.25) is 5.91 Å². The van der Waals surface area contributed by atoms with E-state index in [1.54, 1.807) is 0 Å². The van der Waals surface area contributed by atoms with E-state index in [1.165, 1.54) is 19.3 Å². The van der Waals surface area contributed by atoms with Gasteiger partial charge in [0.1, 0.15) is 0 Å². The molecular formula is C14H20N2O. The van der Waals surface area contributed by atoms with Gasteiger partial charge in [-0.2, -0.15) is 0 Å². The maximum atomic E-state index is 11.7. The summed E-state index contributed by atoms with van der Waals surface area (Å²) in [4.78, 5) is 11.7. The minimum atomic E-state index is 0.0999. The van der Waals surface area contributed by atoms with Crippen molar-refractivity contribution in [1.29, 1.82) is 0 Å². The third-order valence-corrected chi connectivity index (χ3v) is 3.62. The molecule has 0 saturated heterocycles. The number of nitrogen functional groups attached to an aromatic ring is 1. The van der Waals surface area contributed by atoms with E-state index in [0.717, 1.165) is 17.8 Å². The Bertz CT molecular complexity index is 393. The van der Waals surface area contributed by atoms with Gasteiger partial charge >= 0.3 is 0 Å². The summed E-state index contributed by atoms with van der Waals surface area (Å²) in [5.41, 5.74) is 7.68. The van der Waals surface area contributed by atoms with Crippen LogP contribution >= 0.6 is 0 Å². The normalized spacial score (nSPS) is 17.2. The molecule has 1 aliphatic carbocycles. The van der Waals surface area contributed by atoms with E-state index < -0.39 is 0 Å². The Labute approximate surface area is 102 Å². The van der Waals surface area contributed by atoms with Crippen LogP contribution < -0.4 is 11.1 Å². The second-order valence-electron chi connectivity index (χ2n) is 5.36. The number of amides is 1. The summed E-state index contributed by atoms with van der Waals surface area (Å²) in [5.74, 6) is 0.0999. The first kappa shape index (κ1) is 12.0. The minimum absolute atomic E-state index is 0.0999. The van der Waals surface area contributed by atoms with E-state index in [1.807, 2.05) is 24.3 Å². The van der Waals surface area contributed by atoms with E-state index in [-0.39, 0.29) is 5.91 Å². The quantitative estimate of drug-likeness (QED) is 0.781. The first-order valence-electron chi connectivity index (χ1n) is 6.19. The first-order chi connectivity index (χ1) is 8.07. The van der Waals surface area contributed by atoms with Crippen molar-refractivity contribution in [2.24, 2.45) is 5.41 Å². The summed E-state index contributed by atoms with van der Waals surface area (Å²) in [6.45, 7) is 3.04. The van der Waals surface area contributed by atoms with Crippen LogP contribution in [0.15, 0.2) is 24.3 Å². The van der Waals surface area contributed by atoms with Gasteiger partial charge in [0.15, 0.2) is 0 Å². The number of rotatable bonds is 4. The molecule has 1 aromatic carbocycles. The van der Waals surface area contributed by atoms with Gasteiger partial charge < -0.3 is 11.1 Å². The largest absolute Gasteiger partial charge is 0.399 e. The second kappa shape index (κ2) is 4.78. The summed E-state index contributed by atoms with van der Waals surface area (Å²) < 4.78 is 0. The van der Waals surface area contributed by atoms with Gasteiger partial charge in [0, 0.05) is 12.2 Å². The standard InChI is InChI=1S/C14H20N2O/c1-14(7-2-8-14)10-16-13(17)9-11-3-5-12(15)6-4-11/h3-6H,2,7-10,15H2,1H3,(H,16,17). The first-order valence-corrected chi connectivity index (χ1v) is 6.19. The smallest absolute Gasteiger partial charge is 0.224 e. The number of carbonyl (C=O) groups excluding carboxylic acids is 1. The van der Waals surface area contributed by atoms with Gasteiger partial charge in [-0.1, -0.05) is 25.5 Å². The van der Waals surface area contributed by atoms with Crippen LogP contribution in [0.4, 0.5) is 5.69 Å². The van der Waals surface area contributed by atoms with Gasteiger partial charge in [-0.05, 0) is 36.0 Å². The molecule has 1 aromatic rings. The van der Waals surface area contributed by atoms with Crippen molar-refractivity contribution < 1.29 is 4.79 Å². The monoisotopic (exact) mass is 232 g/mol. The lowest BCUT2D eigenvalue weighted by Gasteiger charge is -2.38.